The van der Waals surface area contributed by atoms with Gasteiger partial charge in [0.2, 0.25) is 11.7 Å². The van der Waals surface area contributed by atoms with E-state index >= 15 is 0 Å². The summed E-state index contributed by atoms with van der Waals surface area (Å²) >= 11 is 1.69. The van der Waals surface area contributed by atoms with E-state index in [1.54, 1.807) is 11.8 Å². The Balaban J connectivity index is 1.72. The molecule has 3 aromatic rings. The van der Waals surface area contributed by atoms with E-state index in [2.05, 4.69) is 47.8 Å². The molecule has 2 aromatic heterocycles. The predicted octanol–water partition coefficient (Wildman–Crippen LogP) is 5.07. The van der Waals surface area contributed by atoms with E-state index in [-0.39, 0.29) is 12.5 Å². The average Bonchev–Trinajstić information content (AvgIpc) is 3.15. The van der Waals surface area contributed by atoms with E-state index in [9.17, 15) is 0 Å². The molecule has 0 aliphatic rings. The van der Waals surface area contributed by atoms with Crippen LogP contribution in [0.4, 0.5) is 0 Å². The lowest BCUT2D eigenvalue weighted by Crippen LogP contribution is -2.06. The minimum absolute atomic E-state index is 0.169. The molecule has 0 unspecified atom stereocenters. The SMILES string of the molecule is CSc1ccc(-c2noc(COc3cc(C(C)C)nc(C(C)C)n3)n2)cc1. The van der Waals surface area contributed by atoms with Gasteiger partial charge < -0.3 is 9.26 Å². The lowest BCUT2D eigenvalue weighted by atomic mass is 10.1. The zero-order chi connectivity index (χ0) is 19.4. The van der Waals surface area contributed by atoms with Gasteiger partial charge in [0.1, 0.15) is 5.82 Å². The van der Waals surface area contributed by atoms with Gasteiger partial charge in [0, 0.05) is 22.4 Å². The fourth-order valence-electron chi connectivity index (χ4n) is 2.40. The topological polar surface area (TPSA) is 73.9 Å². The Morgan fingerprint density at radius 1 is 1.00 bits per heavy atom. The molecule has 0 aliphatic carbocycles. The summed E-state index contributed by atoms with van der Waals surface area (Å²) in [6, 6.07) is 9.91. The van der Waals surface area contributed by atoms with Gasteiger partial charge in [0.15, 0.2) is 6.61 Å². The van der Waals surface area contributed by atoms with Crippen molar-refractivity contribution >= 4 is 11.8 Å². The van der Waals surface area contributed by atoms with E-state index < -0.39 is 0 Å². The first-order valence-corrected chi connectivity index (χ1v) is 10.2. The second kappa shape index (κ2) is 8.52. The Labute approximate surface area is 163 Å². The summed E-state index contributed by atoms with van der Waals surface area (Å²) < 4.78 is 11.1. The van der Waals surface area contributed by atoms with Crippen molar-refractivity contribution in [3.8, 4) is 17.3 Å². The Morgan fingerprint density at radius 2 is 1.74 bits per heavy atom. The first kappa shape index (κ1) is 19.4. The third-order valence-corrected chi connectivity index (χ3v) is 4.75. The van der Waals surface area contributed by atoms with Gasteiger partial charge in [-0.3, -0.25) is 0 Å². The van der Waals surface area contributed by atoms with Gasteiger partial charge >= 0.3 is 0 Å². The van der Waals surface area contributed by atoms with Crippen LogP contribution in [0.3, 0.4) is 0 Å². The van der Waals surface area contributed by atoms with Crippen LogP contribution in [-0.2, 0) is 6.61 Å². The molecule has 0 bridgehead atoms. The molecule has 2 heterocycles. The fraction of sp³-hybridized carbons (Fsp3) is 0.400. The summed E-state index contributed by atoms with van der Waals surface area (Å²) in [5, 5.41) is 4.04. The van der Waals surface area contributed by atoms with E-state index in [0.29, 0.717) is 23.5 Å². The van der Waals surface area contributed by atoms with Gasteiger partial charge in [-0.2, -0.15) is 9.97 Å². The average molecular weight is 385 g/mol. The van der Waals surface area contributed by atoms with Crippen LogP contribution in [0, 0.1) is 0 Å². The van der Waals surface area contributed by atoms with Crippen LogP contribution in [-0.4, -0.2) is 26.4 Å². The summed E-state index contributed by atoms with van der Waals surface area (Å²) in [5.41, 5.74) is 1.87. The van der Waals surface area contributed by atoms with Crippen LogP contribution in [0.1, 0.15) is 56.9 Å². The third kappa shape index (κ3) is 4.86. The van der Waals surface area contributed by atoms with Crippen molar-refractivity contribution in [3.05, 3.63) is 47.7 Å². The Hall–Kier alpha value is -2.41. The predicted molar refractivity (Wildman–Crippen MR) is 106 cm³/mol. The Morgan fingerprint density at radius 3 is 2.37 bits per heavy atom. The molecule has 0 amide bonds. The lowest BCUT2D eigenvalue weighted by molar-refractivity contribution is 0.234. The molecule has 142 valence electrons. The summed E-state index contributed by atoms with van der Waals surface area (Å²) in [6.45, 7) is 8.50. The van der Waals surface area contributed by atoms with Crippen molar-refractivity contribution in [1.82, 2.24) is 20.1 Å². The minimum Gasteiger partial charge on any atom is -0.467 e. The number of hydrogen-bond acceptors (Lipinski definition) is 7. The second-order valence-electron chi connectivity index (χ2n) is 6.83. The maximum absolute atomic E-state index is 5.81. The minimum atomic E-state index is 0.169. The van der Waals surface area contributed by atoms with E-state index in [4.69, 9.17) is 9.26 Å². The molecule has 6 nitrogen and oxygen atoms in total. The highest BCUT2D eigenvalue weighted by Gasteiger charge is 2.13. The summed E-state index contributed by atoms with van der Waals surface area (Å²) in [4.78, 5) is 14.7. The number of thioether (sulfide) groups is 1. The van der Waals surface area contributed by atoms with E-state index in [1.165, 1.54) is 4.90 Å². The zero-order valence-corrected chi connectivity index (χ0v) is 17.1. The summed E-state index contributed by atoms with van der Waals surface area (Å²) in [5.74, 6) is 2.79. The summed E-state index contributed by atoms with van der Waals surface area (Å²) in [7, 11) is 0. The molecule has 3 rings (SSSR count). The van der Waals surface area contributed by atoms with Crippen LogP contribution < -0.4 is 4.74 Å². The summed E-state index contributed by atoms with van der Waals surface area (Å²) in [6.07, 6.45) is 2.04. The number of nitrogens with zero attached hydrogens (tertiary/aromatic N) is 4. The number of ether oxygens (including phenoxy) is 1. The molecule has 0 spiro atoms. The van der Waals surface area contributed by atoms with Crippen molar-refractivity contribution in [2.75, 3.05) is 6.26 Å². The normalized spacial score (nSPS) is 11.4. The van der Waals surface area contributed by atoms with Crippen LogP contribution in [0.25, 0.3) is 11.4 Å². The molecular weight excluding hydrogens is 360 g/mol. The molecule has 0 N–H and O–H groups in total. The highest BCUT2D eigenvalue weighted by Crippen LogP contribution is 2.23. The monoisotopic (exact) mass is 384 g/mol. The maximum Gasteiger partial charge on any atom is 0.264 e. The number of aromatic nitrogens is 4. The zero-order valence-electron chi connectivity index (χ0n) is 16.3. The first-order valence-electron chi connectivity index (χ1n) is 8.95. The smallest absolute Gasteiger partial charge is 0.264 e. The lowest BCUT2D eigenvalue weighted by Gasteiger charge is -2.12. The Bertz CT molecular complexity index is 865. The number of hydrogen-bond donors (Lipinski definition) is 0. The molecule has 0 aliphatic heterocycles. The van der Waals surface area contributed by atoms with Crippen LogP contribution in [0.5, 0.6) is 5.88 Å². The van der Waals surface area contributed by atoms with Crippen molar-refractivity contribution in [1.29, 1.82) is 0 Å². The first-order chi connectivity index (χ1) is 13.0. The van der Waals surface area contributed by atoms with E-state index in [0.717, 1.165) is 17.1 Å². The van der Waals surface area contributed by atoms with E-state index in [1.807, 2.05) is 36.6 Å². The van der Waals surface area contributed by atoms with Crippen molar-refractivity contribution in [2.45, 2.75) is 51.0 Å². The highest BCUT2D eigenvalue weighted by molar-refractivity contribution is 7.98. The van der Waals surface area contributed by atoms with Crippen LogP contribution in [0.2, 0.25) is 0 Å². The molecule has 0 atom stereocenters. The standard InChI is InChI=1S/C20H24N4O2S/c1-12(2)16-10-17(22-19(21-16)13(3)4)25-11-18-23-20(24-26-18)14-6-8-15(27-5)9-7-14/h6-10,12-13H,11H2,1-5H3. The number of rotatable bonds is 7. The molecule has 0 saturated carbocycles. The van der Waals surface area contributed by atoms with Crippen molar-refractivity contribution < 1.29 is 9.26 Å². The van der Waals surface area contributed by atoms with Gasteiger partial charge in [-0.25, -0.2) is 4.98 Å². The van der Waals surface area contributed by atoms with Crippen molar-refractivity contribution in [3.63, 3.8) is 0 Å². The molecule has 1 aromatic carbocycles. The van der Waals surface area contributed by atoms with Gasteiger partial charge in [-0.15, -0.1) is 11.8 Å². The van der Waals surface area contributed by atoms with Crippen molar-refractivity contribution in [2.24, 2.45) is 0 Å². The molecular formula is C20H24N4O2S. The molecule has 7 heteroatoms. The van der Waals surface area contributed by atoms with Crippen LogP contribution >= 0.6 is 11.8 Å². The van der Waals surface area contributed by atoms with Crippen LogP contribution in [0.15, 0.2) is 39.8 Å². The molecule has 27 heavy (non-hydrogen) atoms. The maximum atomic E-state index is 5.81. The van der Waals surface area contributed by atoms with Gasteiger partial charge in [-0.1, -0.05) is 32.9 Å². The van der Waals surface area contributed by atoms with Gasteiger partial charge in [0.05, 0.1) is 5.69 Å². The largest absolute Gasteiger partial charge is 0.467 e. The number of benzene rings is 1. The molecule has 0 fully saturated rings. The van der Waals surface area contributed by atoms with Gasteiger partial charge in [0.25, 0.3) is 5.89 Å². The molecule has 0 saturated heterocycles. The van der Waals surface area contributed by atoms with Gasteiger partial charge in [-0.05, 0) is 36.4 Å². The highest BCUT2D eigenvalue weighted by atomic mass is 32.2. The third-order valence-electron chi connectivity index (χ3n) is 4.01. The molecule has 0 radical (unpaired) electrons. The second-order valence-corrected chi connectivity index (χ2v) is 7.71. The quantitative estimate of drug-likeness (QED) is 0.526. The Kier molecular flexibility index (Phi) is 6.11. The fourth-order valence-corrected chi connectivity index (χ4v) is 2.80.